The van der Waals surface area contributed by atoms with Crippen LogP contribution in [0.1, 0.15) is 30.9 Å². The molecule has 1 saturated heterocycles. The van der Waals surface area contributed by atoms with Gasteiger partial charge in [0, 0.05) is 26.7 Å². The van der Waals surface area contributed by atoms with E-state index in [-0.39, 0.29) is 18.1 Å². The lowest BCUT2D eigenvalue weighted by Crippen LogP contribution is -2.44. The lowest BCUT2D eigenvalue weighted by Gasteiger charge is -2.28. The summed E-state index contributed by atoms with van der Waals surface area (Å²) in [4.78, 5) is 16.9. The van der Waals surface area contributed by atoms with Crippen LogP contribution in [0, 0.1) is 11.3 Å². The molecule has 0 radical (unpaired) electrons. The minimum Gasteiger partial charge on any atom is -0.380 e. The molecule has 23 heavy (non-hydrogen) atoms. The van der Waals surface area contributed by atoms with E-state index < -0.39 is 0 Å². The second-order valence-corrected chi connectivity index (χ2v) is 6.12. The fourth-order valence-corrected chi connectivity index (χ4v) is 3.06. The molecule has 0 spiro atoms. The Labute approximate surface area is 138 Å². The Morgan fingerprint density at radius 2 is 2.13 bits per heavy atom. The van der Waals surface area contributed by atoms with Gasteiger partial charge in [0.1, 0.15) is 0 Å². The number of amides is 1. The molecule has 1 aliphatic rings. The third-order valence-electron chi connectivity index (χ3n) is 4.39. The standard InChI is InChI=1S/C18H25N3O2/c1-4-9-21(12-15-7-5-14(11-19)6-8-15)18(22)17-10-16(23-3)13-20(17)2/h5-8,16-17H,4,9-10,12-13H2,1-3H3/t16-,17-/m0/s1. The first kappa shape index (κ1) is 17.5. The highest BCUT2D eigenvalue weighted by Gasteiger charge is 2.36. The van der Waals surface area contributed by atoms with E-state index in [0.717, 1.165) is 31.5 Å². The third kappa shape index (κ3) is 4.31. The highest BCUT2D eigenvalue weighted by Crippen LogP contribution is 2.21. The van der Waals surface area contributed by atoms with Crippen molar-refractivity contribution < 1.29 is 9.53 Å². The fourth-order valence-electron chi connectivity index (χ4n) is 3.06. The monoisotopic (exact) mass is 315 g/mol. The molecule has 2 rings (SSSR count). The van der Waals surface area contributed by atoms with Crippen molar-refractivity contribution in [2.24, 2.45) is 0 Å². The van der Waals surface area contributed by atoms with Crippen molar-refractivity contribution in [3.05, 3.63) is 35.4 Å². The van der Waals surface area contributed by atoms with Crippen molar-refractivity contribution in [2.75, 3.05) is 27.2 Å². The van der Waals surface area contributed by atoms with E-state index in [0.29, 0.717) is 12.1 Å². The SMILES string of the molecule is CCCN(Cc1ccc(C#N)cc1)C(=O)[C@@H]1C[C@H](OC)CN1C. The largest absolute Gasteiger partial charge is 0.380 e. The number of ether oxygens (including phenoxy) is 1. The first-order valence-corrected chi connectivity index (χ1v) is 8.09. The Bertz CT molecular complexity index is 565. The highest BCUT2D eigenvalue weighted by molar-refractivity contribution is 5.82. The number of carbonyl (C=O) groups is 1. The lowest BCUT2D eigenvalue weighted by molar-refractivity contribution is -0.136. The number of nitrogens with zero attached hydrogens (tertiary/aromatic N) is 3. The predicted molar refractivity (Wildman–Crippen MR) is 88.7 cm³/mol. The van der Waals surface area contributed by atoms with Gasteiger partial charge in [-0.25, -0.2) is 0 Å². The van der Waals surface area contributed by atoms with E-state index in [9.17, 15) is 4.79 Å². The van der Waals surface area contributed by atoms with E-state index in [1.54, 1.807) is 19.2 Å². The molecule has 1 aliphatic heterocycles. The molecule has 0 bridgehead atoms. The number of hydrogen-bond donors (Lipinski definition) is 0. The van der Waals surface area contributed by atoms with Crippen LogP contribution in [0.15, 0.2) is 24.3 Å². The zero-order valence-electron chi connectivity index (χ0n) is 14.2. The van der Waals surface area contributed by atoms with E-state index in [1.165, 1.54) is 0 Å². The van der Waals surface area contributed by atoms with Gasteiger partial charge < -0.3 is 9.64 Å². The van der Waals surface area contributed by atoms with Crippen molar-refractivity contribution in [3.63, 3.8) is 0 Å². The zero-order chi connectivity index (χ0) is 16.8. The first-order valence-electron chi connectivity index (χ1n) is 8.09. The molecule has 1 heterocycles. The molecule has 1 aromatic carbocycles. The summed E-state index contributed by atoms with van der Waals surface area (Å²) in [5, 5.41) is 8.87. The summed E-state index contributed by atoms with van der Waals surface area (Å²) in [6, 6.07) is 9.45. The highest BCUT2D eigenvalue weighted by atomic mass is 16.5. The van der Waals surface area contributed by atoms with Crippen molar-refractivity contribution in [2.45, 2.75) is 38.5 Å². The van der Waals surface area contributed by atoms with Crippen molar-refractivity contribution >= 4 is 5.91 Å². The molecule has 0 unspecified atom stereocenters. The van der Waals surface area contributed by atoms with Crippen LogP contribution in [-0.2, 0) is 16.1 Å². The molecule has 0 N–H and O–H groups in total. The van der Waals surface area contributed by atoms with Crippen LogP contribution in [0.4, 0.5) is 0 Å². The second-order valence-electron chi connectivity index (χ2n) is 6.12. The van der Waals surface area contributed by atoms with Gasteiger partial charge in [0.05, 0.1) is 23.8 Å². The van der Waals surface area contributed by atoms with Crippen LogP contribution in [0.25, 0.3) is 0 Å². The van der Waals surface area contributed by atoms with Gasteiger partial charge in [-0.3, -0.25) is 9.69 Å². The van der Waals surface area contributed by atoms with Gasteiger partial charge in [0.2, 0.25) is 5.91 Å². The molecule has 124 valence electrons. The van der Waals surface area contributed by atoms with Gasteiger partial charge in [0.15, 0.2) is 0 Å². The van der Waals surface area contributed by atoms with Crippen LogP contribution in [-0.4, -0.2) is 55.1 Å². The number of benzene rings is 1. The van der Waals surface area contributed by atoms with Crippen LogP contribution in [0.2, 0.25) is 0 Å². The first-order chi connectivity index (χ1) is 11.1. The van der Waals surface area contributed by atoms with Crippen molar-refractivity contribution in [3.8, 4) is 6.07 Å². The Balaban J connectivity index is 2.07. The molecule has 1 aromatic rings. The van der Waals surface area contributed by atoms with Crippen LogP contribution >= 0.6 is 0 Å². The van der Waals surface area contributed by atoms with E-state index in [4.69, 9.17) is 10.00 Å². The van der Waals surface area contributed by atoms with Crippen LogP contribution < -0.4 is 0 Å². The Hall–Kier alpha value is -1.90. The average Bonchev–Trinajstić information content (AvgIpc) is 2.95. The summed E-state index contributed by atoms with van der Waals surface area (Å²) in [6.45, 7) is 4.19. The van der Waals surface area contributed by atoms with Gasteiger partial charge in [-0.2, -0.15) is 5.26 Å². The molecule has 0 aromatic heterocycles. The van der Waals surface area contributed by atoms with Gasteiger partial charge in [-0.15, -0.1) is 0 Å². The Morgan fingerprint density at radius 1 is 1.43 bits per heavy atom. The summed E-state index contributed by atoms with van der Waals surface area (Å²) in [6.07, 6.45) is 1.80. The summed E-state index contributed by atoms with van der Waals surface area (Å²) in [5.41, 5.74) is 1.69. The fraction of sp³-hybridized carbons (Fsp3) is 0.556. The van der Waals surface area contributed by atoms with Gasteiger partial charge in [-0.1, -0.05) is 19.1 Å². The predicted octanol–water partition coefficient (Wildman–Crippen LogP) is 2.02. The Kier molecular flexibility index (Phi) is 6.14. The molecule has 2 atom stereocenters. The van der Waals surface area contributed by atoms with Gasteiger partial charge in [0.25, 0.3) is 0 Å². The minimum atomic E-state index is -0.107. The summed E-state index contributed by atoms with van der Waals surface area (Å²) < 4.78 is 5.40. The summed E-state index contributed by atoms with van der Waals surface area (Å²) in [7, 11) is 3.68. The quantitative estimate of drug-likeness (QED) is 0.806. The lowest BCUT2D eigenvalue weighted by atomic mass is 10.1. The smallest absolute Gasteiger partial charge is 0.240 e. The number of rotatable bonds is 6. The maximum Gasteiger partial charge on any atom is 0.240 e. The van der Waals surface area contributed by atoms with Crippen LogP contribution in [0.3, 0.4) is 0 Å². The van der Waals surface area contributed by atoms with E-state index in [1.807, 2.05) is 24.1 Å². The number of hydrogen-bond acceptors (Lipinski definition) is 4. The van der Waals surface area contributed by atoms with Gasteiger partial charge in [-0.05, 0) is 37.6 Å². The van der Waals surface area contributed by atoms with Crippen LogP contribution in [0.5, 0.6) is 0 Å². The molecule has 5 heteroatoms. The van der Waals surface area contributed by atoms with E-state index in [2.05, 4.69) is 17.9 Å². The molecule has 0 saturated carbocycles. The average molecular weight is 315 g/mol. The third-order valence-corrected chi connectivity index (χ3v) is 4.39. The maximum atomic E-state index is 12.9. The number of methoxy groups -OCH3 is 1. The molecule has 0 aliphatic carbocycles. The number of carbonyl (C=O) groups excluding carboxylic acids is 1. The maximum absolute atomic E-state index is 12.9. The topological polar surface area (TPSA) is 56.6 Å². The van der Waals surface area contributed by atoms with Crippen molar-refractivity contribution in [1.29, 1.82) is 5.26 Å². The summed E-state index contributed by atoms with van der Waals surface area (Å²) >= 11 is 0. The molecular weight excluding hydrogens is 290 g/mol. The minimum absolute atomic E-state index is 0.107. The van der Waals surface area contributed by atoms with E-state index >= 15 is 0 Å². The normalized spacial score (nSPS) is 21.1. The Morgan fingerprint density at radius 3 is 2.65 bits per heavy atom. The second kappa shape index (κ2) is 8.09. The summed E-state index contributed by atoms with van der Waals surface area (Å²) in [5.74, 6) is 0.165. The molecule has 1 fully saturated rings. The zero-order valence-corrected chi connectivity index (χ0v) is 14.2. The number of nitriles is 1. The molecule has 5 nitrogen and oxygen atoms in total. The molecule has 1 amide bonds. The van der Waals surface area contributed by atoms with Gasteiger partial charge >= 0.3 is 0 Å². The number of likely N-dealkylation sites (tertiary alicyclic amines) is 1. The number of likely N-dealkylation sites (N-methyl/N-ethyl adjacent to an activating group) is 1. The molecular formula is C18H25N3O2. The van der Waals surface area contributed by atoms with Crippen molar-refractivity contribution in [1.82, 2.24) is 9.80 Å².